The Kier molecular flexibility index (Phi) is 5.94. The van der Waals surface area contributed by atoms with E-state index in [1.807, 2.05) is 0 Å². The summed E-state index contributed by atoms with van der Waals surface area (Å²) < 4.78 is 2.36. The molecule has 0 bridgehead atoms. The molecule has 32 heavy (non-hydrogen) atoms. The van der Waals surface area contributed by atoms with Gasteiger partial charge in [0.05, 0.1) is 0 Å². The van der Waals surface area contributed by atoms with Gasteiger partial charge in [0.2, 0.25) is 0 Å². The molecule has 0 amide bonds. The van der Waals surface area contributed by atoms with Gasteiger partial charge < -0.3 is 0 Å². The molecule has 168 valence electrons. The van der Waals surface area contributed by atoms with Crippen molar-refractivity contribution < 1.29 is 23.2 Å². The zero-order valence-electron chi connectivity index (χ0n) is 21.8. The third kappa shape index (κ3) is 4.44. The fourth-order valence-electron chi connectivity index (χ4n) is 4.86. The first-order chi connectivity index (χ1) is 14.7. The number of hydrogen-bond acceptors (Lipinski definition) is 0. The van der Waals surface area contributed by atoms with Crippen molar-refractivity contribution in [3.63, 3.8) is 0 Å². The predicted molar refractivity (Wildman–Crippen MR) is 136 cm³/mol. The van der Waals surface area contributed by atoms with E-state index < -0.39 is 23.2 Å². The summed E-state index contributed by atoms with van der Waals surface area (Å²) >= 11 is -0.862. The summed E-state index contributed by atoms with van der Waals surface area (Å²) in [5, 5.41) is 0. The molecule has 0 nitrogen and oxygen atoms in total. The molecule has 2 aromatic rings. The monoisotopic (exact) mass is 502 g/mol. The van der Waals surface area contributed by atoms with Crippen LogP contribution in [0.4, 0.5) is 0 Å². The van der Waals surface area contributed by atoms with Gasteiger partial charge in [-0.15, -0.1) is 0 Å². The van der Waals surface area contributed by atoms with E-state index >= 15 is 0 Å². The molecule has 2 aromatic carbocycles. The number of benzene rings is 2. The van der Waals surface area contributed by atoms with Crippen LogP contribution in [0.3, 0.4) is 0 Å². The van der Waals surface area contributed by atoms with Gasteiger partial charge in [-0.25, -0.2) is 0 Å². The van der Waals surface area contributed by atoms with Gasteiger partial charge in [-0.3, -0.25) is 0 Å². The van der Waals surface area contributed by atoms with E-state index in [9.17, 15) is 0 Å². The van der Waals surface area contributed by atoms with E-state index in [0.29, 0.717) is 9.54 Å². The Hall–Kier alpha value is -1.20. The van der Waals surface area contributed by atoms with Crippen molar-refractivity contribution in [1.82, 2.24) is 0 Å². The Morgan fingerprint density at radius 2 is 1.12 bits per heavy atom. The zero-order valence-corrected chi connectivity index (χ0v) is 24.2. The second kappa shape index (κ2) is 7.94. The van der Waals surface area contributed by atoms with Gasteiger partial charge in [-0.2, -0.15) is 0 Å². The van der Waals surface area contributed by atoms with Crippen LogP contribution in [-0.2, 0) is 34.1 Å². The molecular weight excluding hydrogens is 464 g/mol. The molecule has 1 atom stereocenters. The van der Waals surface area contributed by atoms with Crippen LogP contribution < -0.4 is 0 Å². The Morgan fingerprint density at radius 3 is 1.50 bits per heavy atom. The molecule has 0 saturated carbocycles. The van der Waals surface area contributed by atoms with Crippen LogP contribution >= 0.6 is 0 Å². The molecule has 0 heterocycles. The van der Waals surface area contributed by atoms with Gasteiger partial charge in [-0.1, -0.05) is 0 Å². The Morgan fingerprint density at radius 1 is 0.656 bits per heavy atom. The third-order valence-corrected chi connectivity index (χ3v) is 11.7. The molecule has 0 spiro atoms. The first-order valence-corrected chi connectivity index (χ1v) is 14.8. The third-order valence-electron chi connectivity index (χ3n) is 7.16. The summed E-state index contributed by atoms with van der Waals surface area (Å²) in [5.74, 6) is 0.597. The minimum atomic E-state index is -0.862. The first-order valence-electron chi connectivity index (χ1n) is 12.2. The van der Waals surface area contributed by atoms with Crippen molar-refractivity contribution in [2.24, 2.45) is 11.3 Å². The average Bonchev–Trinajstić information content (AvgIpc) is 3.18. The molecule has 0 aromatic heterocycles. The van der Waals surface area contributed by atoms with Crippen LogP contribution in [0.25, 0.3) is 11.1 Å². The SMILES string of the molecule is CC1C=C(C(C)(C)C)C=[C]1[Zr][CH]1c2cc(C(C)(C)C)ccc2-c2ccc(C(C)(C)C)cc21. The number of hydrogen-bond donors (Lipinski definition) is 0. The second-order valence-corrected chi connectivity index (χ2v) is 16.5. The predicted octanol–water partition coefficient (Wildman–Crippen LogP) is 8.94. The Labute approximate surface area is 208 Å². The van der Waals surface area contributed by atoms with Crippen molar-refractivity contribution >= 4 is 0 Å². The van der Waals surface area contributed by atoms with Gasteiger partial charge in [0, 0.05) is 0 Å². The molecule has 2 aliphatic rings. The van der Waals surface area contributed by atoms with Crippen LogP contribution in [0.5, 0.6) is 0 Å². The molecule has 0 saturated heterocycles. The summed E-state index contributed by atoms with van der Waals surface area (Å²) in [6, 6.07) is 14.7. The van der Waals surface area contributed by atoms with Crippen LogP contribution in [0.2, 0.25) is 0 Å². The van der Waals surface area contributed by atoms with Crippen LogP contribution in [0.15, 0.2) is 57.4 Å². The van der Waals surface area contributed by atoms with Crippen molar-refractivity contribution in [2.45, 2.75) is 83.7 Å². The van der Waals surface area contributed by atoms with Crippen LogP contribution in [-0.4, -0.2) is 0 Å². The zero-order chi connectivity index (χ0) is 23.6. The van der Waals surface area contributed by atoms with Crippen molar-refractivity contribution in [3.8, 4) is 11.1 Å². The second-order valence-electron chi connectivity index (χ2n) is 12.9. The molecule has 1 heteroatoms. The molecule has 0 radical (unpaired) electrons. The maximum absolute atomic E-state index is 2.58. The number of allylic oxidation sites excluding steroid dienone is 4. The maximum atomic E-state index is 2.58. The van der Waals surface area contributed by atoms with Gasteiger partial charge in [-0.05, 0) is 0 Å². The summed E-state index contributed by atoms with van der Waals surface area (Å²) in [5.41, 5.74) is 11.2. The van der Waals surface area contributed by atoms with E-state index in [-0.39, 0.29) is 16.2 Å². The van der Waals surface area contributed by atoms with Crippen molar-refractivity contribution in [2.75, 3.05) is 0 Å². The van der Waals surface area contributed by atoms with Gasteiger partial charge >= 0.3 is 209 Å². The molecule has 0 fully saturated rings. The van der Waals surface area contributed by atoms with Crippen LogP contribution in [0.1, 0.15) is 95.1 Å². The van der Waals surface area contributed by atoms with Crippen molar-refractivity contribution in [3.05, 3.63) is 79.7 Å². The quantitative estimate of drug-likeness (QED) is 0.384. The number of rotatable bonds is 2. The molecule has 1 unspecified atom stereocenters. The van der Waals surface area contributed by atoms with Crippen LogP contribution in [0, 0.1) is 11.3 Å². The molecule has 0 N–H and O–H groups in total. The minimum absolute atomic E-state index is 0.177. The first kappa shape index (κ1) is 23.9. The molecular formula is C31H40Zr. The van der Waals surface area contributed by atoms with Crippen molar-refractivity contribution in [1.29, 1.82) is 0 Å². The summed E-state index contributed by atoms with van der Waals surface area (Å²) in [6.07, 6.45) is 5.11. The molecule has 0 aliphatic heterocycles. The van der Waals surface area contributed by atoms with E-state index in [2.05, 4.69) is 118 Å². The molecule has 2 aliphatic carbocycles. The van der Waals surface area contributed by atoms with E-state index in [0.717, 1.165) is 0 Å². The normalized spacial score (nSPS) is 18.9. The fourth-order valence-corrected chi connectivity index (χ4v) is 9.06. The van der Waals surface area contributed by atoms with E-state index in [4.69, 9.17) is 0 Å². The summed E-state index contributed by atoms with van der Waals surface area (Å²) in [7, 11) is 0. The van der Waals surface area contributed by atoms with Gasteiger partial charge in [0.1, 0.15) is 0 Å². The van der Waals surface area contributed by atoms with E-state index in [1.54, 1.807) is 14.4 Å². The molecule has 4 rings (SSSR count). The topological polar surface area (TPSA) is 0 Å². The fraction of sp³-hybridized carbons (Fsp3) is 0.484. The Bertz CT molecular complexity index is 1040. The average molecular weight is 504 g/mol. The van der Waals surface area contributed by atoms with Gasteiger partial charge in [0.25, 0.3) is 0 Å². The Balaban J connectivity index is 1.83. The van der Waals surface area contributed by atoms with E-state index in [1.165, 1.54) is 27.8 Å². The standard InChI is InChI=1S/C21H25.C10H15.Zr/c1-20(2,3)16-7-9-18-14(12-16)11-15-13-17(21(4,5)6)8-10-19(15)18;1-8-5-6-9(7-8)10(2,3)4;/h7-13H,1-6H3;6-8H,1-4H3;. The van der Waals surface area contributed by atoms with Gasteiger partial charge in [0.15, 0.2) is 0 Å². The number of fused-ring (bicyclic) bond motifs is 3. The summed E-state index contributed by atoms with van der Waals surface area (Å²) in [6.45, 7) is 23.5. The summed E-state index contributed by atoms with van der Waals surface area (Å²) in [4.78, 5) is 0.